The minimum Gasteiger partial charge on any atom is -0.354 e. The van der Waals surface area contributed by atoms with Crippen molar-refractivity contribution in [3.63, 3.8) is 0 Å². The molecule has 0 aliphatic heterocycles. The predicted octanol–water partition coefficient (Wildman–Crippen LogP) is 1.25. The summed E-state index contributed by atoms with van der Waals surface area (Å²) >= 11 is 5.90. The van der Waals surface area contributed by atoms with E-state index in [-0.39, 0.29) is 5.28 Å². The van der Waals surface area contributed by atoms with E-state index in [9.17, 15) is 0 Å². The van der Waals surface area contributed by atoms with Gasteiger partial charge in [-0.1, -0.05) is 13.8 Å². The monoisotopic (exact) mass is 310 g/mol. The molecule has 2 aromatic heterocycles. The molecule has 0 spiro atoms. The lowest BCUT2D eigenvalue weighted by Crippen LogP contribution is -2.25. The smallest absolute Gasteiger partial charge is 0.258 e. The predicted molar refractivity (Wildman–Crippen MR) is 80.6 cm³/mol. The number of hydrogen-bond donors (Lipinski definition) is 1. The van der Waals surface area contributed by atoms with Crippen LogP contribution in [-0.4, -0.2) is 60.8 Å². The van der Waals surface area contributed by atoms with E-state index in [1.54, 1.807) is 0 Å². The van der Waals surface area contributed by atoms with Crippen molar-refractivity contribution in [3.8, 4) is 5.95 Å². The Kier molecular flexibility index (Phi) is 5.82. The maximum Gasteiger partial charge on any atom is 0.258 e. The molecule has 0 aliphatic rings. The number of rotatable bonds is 8. The number of nitrogens with zero attached hydrogens (tertiary/aromatic N) is 7. The van der Waals surface area contributed by atoms with Gasteiger partial charge < -0.3 is 10.2 Å². The number of anilines is 1. The molecule has 0 saturated carbocycles. The molecule has 21 heavy (non-hydrogen) atoms. The Hall–Kier alpha value is -1.80. The van der Waals surface area contributed by atoms with Crippen molar-refractivity contribution in [1.82, 2.24) is 34.6 Å². The molecule has 2 aromatic rings. The van der Waals surface area contributed by atoms with E-state index in [1.807, 2.05) is 0 Å². The first-order chi connectivity index (χ1) is 10.2. The van der Waals surface area contributed by atoms with Crippen LogP contribution in [0.1, 0.15) is 20.3 Å². The van der Waals surface area contributed by atoms with Crippen LogP contribution in [0.2, 0.25) is 5.28 Å². The van der Waals surface area contributed by atoms with Crippen molar-refractivity contribution in [2.24, 2.45) is 0 Å². The third kappa shape index (κ3) is 4.61. The summed E-state index contributed by atoms with van der Waals surface area (Å²) in [6.45, 7) is 8.25. The summed E-state index contributed by atoms with van der Waals surface area (Å²) in [7, 11) is 0. The van der Waals surface area contributed by atoms with Gasteiger partial charge in [0, 0.05) is 6.54 Å². The summed E-state index contributed by atoms with van der Waals surface area (Å²) in [5.41, 5.74) is 0. The van der Waals surface area contributed by atoms with Gasteiger partial charge in [-0.15, -0.1) is 0 Å². The molecule has 2 rings (SSSR count). The van der Waals surface area contributed by atoms with Crippen LogP contribution in [0.3, 0.4) is 0 Å². The number of hydrogen-bond acceptors (Lipinski definition) is 7. The fourth-order valence-electron chi connectivity index (χ4n) is 1.88. The molecule has 0 radical (unpaired) electrons. The van der Waals surface area contributed by atoms with Crippen molar-refractivity contribution >= 4 is 17.5 Å². The van der Waals surface area contributed by atoms with Crippen molar-refractivity contribution in [2.75, 3.05) is 31.5 Å². The zero-order chi connectivity index (χ0) is 15.1. The van der Waals surface area contributed by atoms with Gasteiger partial charge in [0.25, 0.3) is 5.95 Å². The minimum atomic E-state index is 0.127. The summed E-state index contributed by atoms with van der Waals surface area (Å²) in [6, 6.07) is 0. The lowest BCUT2D eigenvalue weighted by Gasteiger charge is -2.17. The first-order valence-corrected chi connectivity index (χ1v) is 7.33. The van der Waals surface area contributed by atoms with Crippen LogP contribution in [0.25, 0.3) is 5.95 Å². The molecule has 114 valence electrons. The Morgan fingerprint density at radius 1 is 1.24 bits per heavy atom. The van der Waals surface area contributed by atoms with Gasteiger partial charge in [-0.2, -0.15) is 24.7 Å². The summed E-state index contributed by atoms with van der Waals surface area (Å²) in [4.78, 5) is 18.6. The molecule has 0 aromatic carbocycles. The van der Waals surface area contributed by atoms with Crippen molar-refractivity contribution in [2.45, 2.75) is 20.3 Å². The second-order valence-corrected chi connectivity index (χ2v) is 4.71. The lowest BCUT2D eigenvalue weighted by atomic mass is 10.3. The Bertz CT molecular complexity index is 540. The molecule has 0 amide bonds. The van der Waals surface area contributed by atoms with Crippen LogP contribution in [0.5, 0.6) is 0 Å². The standard InChI is InChI=1S/C12H19ClN8/c1-3-20(4-2)7-5-6-15-11-17-10(13)18-12(19-11)21-9-14-8-16-21/h8-9H,3-7H2,1-2H3,(H,15,17,18,19). The van der Waals surface area contributed by atoms with Crippen LogP contribution in [-0.2, 0) is 0 Å². The van der Waals surface area contributed by atoms with Crippen LogP contribution in [0, 0.1) is 0 Å². The van der Waals surface area contributed by atoms with Crippen molar-refractivity contribution in [3.05, 3.63) is 17.9 Å². The van der Waals surface area contributed by atoms with Gasteiger partial charge in [-0.3, -0.25) is 0 Å². The van der Waals surface area contributed by atoms with E-state index < -0.39 is 0 Å². The molecule has 9 heteroatoms. The Morgan fingerprint density at radius 3 is 2.71 bits per heavy atom. The zero-order valence-electron chi connectivity index (χ0n) is 12.2. The number of nitrogens with one attached hydrogen (secondary N) is 1. The van der Waals surface area contributed by atoms with Crippen LogP contribution < -0.4 is 5.32 Å². The highest BCUT2D eigenvalue weighted by molar-refractivity contribution is 6.28. The quantitative estimate of drug-likeness (QED) is 0.734. The van der Waals surface area contributed by atoms with E-state index in [1.165, 1.54) is 17.3 Å². The highest BCUT2D eigenvalue weighted by Gasteiger charge is 2.07. The molecule has 0 unspecified atom stereocenters. The first kappa shape index (κ1) is 15.6. The summed E-state index contributed by atoms with van der Waals surface area (Å²) in [5, 5.41) is 7.25. The minimum absolute atomic E-state index is 0.127. The van der Waals surface area contributed by atoms with Crippen LogP contribution in [0.4, 0.5) is 5.95 Å². The molecular weight excluding hydrogens is 292 g/mol. The van der Waals surface area contributed by atoms with Gasteiger partial charge >= 0.3 is 0 Å². The van der Waals surface area contributed by atoms with Crippen molar-refractivity contribution < 1.29 is 0 Å². The Labute approximate surface area is 128 Å². The molecular formula is C12H19ClN8. The Balaban J connectivity index is 1.92. The van der Waals surface area contributed by atoms with Gasteiger partial charge in [0.2, 0.25) is 11.2 Å². The molecule has 1 N–H and O–H groups in total. The van der Waals surface area contributed by atoms with E-state index >= 15 is 0 Å². The highest BCUT2D eigenvalue weighted by Crippen LogP contribution is 2.08. The number of halogens is 1. The first-order valence-electron chi connectivity index (χ1n) is 6.95. The fraction of sp³-hybridized carbons (Fsp3) is 0.583. The van der Waals surface area contributed by atoms with E-state index in [4.69, 9.17) is 11.6 Å². The lowest BCUT2D eigenvalue weighted by molar-refractivity contribution is 0.303. The maximum absolute atomic E-state index is 5.90. The molecule has 0 aliphatic carbocycles. The summed E-state index contributed by atoms with van der Waals surface area (Å²) < 4.78 is 1.44. The summed E-state index contributed by atoms with van der Waals surface area (Å²) in [5.74, 6) is 0.791. The SMILES string of the molecule is CCN(CC)CCCNc1nc(Cl)nc(-n2cncn2)n1. The van der Waals surface area contributed by atoms with Gasteiger partial charge in [0.05, 0.1) is 0 Å². The fourth-order valence-corrected chi connectivity index (χ4v) is 2.03. The normalized spacial score (nSPS) is 11.0. The largest absolute Gasteiger partial charge is 0.354 e. The third-order valence-corrected chi connectivity index (χ3v) is 3.22. The zero-order valence-corrected chi connectivity index (χ0v) is 13.0. The van der Waals surface area contributed by atoms with E-state index in [0.717, 1.165) is 32.6 Å². The molecule has 2 heterocycles. The number of aromatic nitrogens is 6. The average molecular weight is 311 g/mol. The molecule has 0 bridgehead atoms. The second-order valence-electron chi connectivity index (χ2n) is 4.38. The molecule has 0 saturated heterocycles. The van der Waals surface area contributed by atoms with Gasteiger partial charge in [0.15, 0.2) is 0 Å². The van der Waals surface area contributed by atoms with Crippen LogP contribution in [0.15, 0.2) is 12.7 Å². The molecule has 0 atom stereocenters. The van der Waals surface area contributed by atoms with Crippen LogP contribution >= 0.6 is 11.6 Å². The molecule has 8 nitrogen and oxygen atoms in total. The van der Waals surface area contributed by atoms with Gasteiger partial charge in [-0.05, 0) is 37.7 Å². The average Bonchev–Trinajstić information content (AvgIpc) is 3.01. The van der Waals surface area contributed by atoms with Gasteiger partial charge in [-0.25, -0.2) is 4.98 Å². The summed E-state index contributed by atoms with van der Waals surface area (Å²) in [6.07, 6.45) is 3.92. The topological polar surface area (TPSA) is 84.6 Å². The second kappa shape index (κ2) is 7.84. The van der Waals surface area contributed by atoms with Crippen molar-refractivity contribution in [1.29, 1.82) is 0 Å². The Morgan fingerprint density at radius 2 is 2.05 bits per heavy atom. The van der Waals surface area contributed by atoms with E-state index in [0.29, 0.717) is 11.9 Å². The van der Waals surface area contributed by atoms with Gasteiger partial charge in [0.1, 0.15) is 12.7 Å². The molecule has 0 fully saturated rings. The third-order valence-electron chi connectivity index (χ3n) is 3.05. The van der Waals surface area contributed by atoms with E-state index in [2.05, 4.69) is 49.1 Å². The maximum atomic E-state index is 5.90. The highest BCUT2D eigenvalue weighted by atomic mass is 35.5.